The molecule has 0 aliphatic carbocycles. The molecular weight excluding hydrogens is 298 g/mol. The molecule has 1 atom stereocenters. The fraction of sp³-hybridized carbons (Fsp3) is 0.375. The molecule has 1 aromatic carbocycles. The van der Waals surface area contributed by atoms with Gasteiger partial charge in [-0.1, -0.05) is 13.0 Å². The number of rotatable bonds is 7. The van der Waals surface area contributed by atoms with Crippen molar-refractivity contribution < 1.29 is 14.3 Å². The van der Waals surface area contributed by atoms with E-state index in [0.29, 0.717) is 18.1 Å². The predicted molar refractivity (Wildman–Crippen MR) is 84.6 cm³/mol. The van der Waals surface area contributed by atoms with E-state index in [1.807, 2.05) is 37.4 Å². The first-order valence-electron chi connectivity index (χ1n) is 7.61. The summed E-state index contributed by atoms with van der Waals surface area (Å²) in [5, 5.41) is 15.1. The second-order valence-corrected chi connectivity index (χ2v) is 5.35. The number of aliphatic hydroxyl groups excluding tert-OH is 1. The highest BCUT2D eigenvalue weighted by atomic mass is 16.5. The summed E-state index contributed by atoms with van der Waals surface area (Å²) in [7, 11) is 0. The lowest BCUT2D eigenvalue weighted by Gasteiger charge is -2.12. The third-order valence-electron chi connectivity index (χ3n) is 3.48. The first-order chi connectivity index (χ1) is 11.2. The zero-order chi connectivity index (χ0) is 16.2. The smallest absolute Gasteiger partial charge is 0.437 e. The molecule has 3 rings (SSSR count). The van der Waals surface area contributed by atoms with Crippen LogP contribution in [0.1, 0.15) is 19.2 Å². The Balaban J connectivity index is 1.62. The molecule has 23 heavy (non-hydrogen) atoms. The maximum absolute atomic E-state index is 11.6. The predicted octanol–water partition coefficient (Wildman–Crippen LogP) is 1.71. The molecule has 122 valence electrons. The number of benzene rings is 1. The van der Waals surface area contributed by atoms with Crippen LogP contribution >= 0.6 is 0 Å². The fourth-order valence-electron chi connectivity index (χ4n) is 2.40. The van der Waals surface area contributed by atoms with E-state index in [0.717, 1.165) is 22.0 Å². The lowest BCUT2D eigenvalue weighted by molar-refractivity contribution is 0.0882. The van der Waals surface area contributed by atoms with Crippen LogP contribution in [0.25, 0.3) is 10.9 Å². The van der Waals surface area contributed by atoms with Crippen LogP contribution in [-0.2, 0) is 13.0 Å². The summed E-state index contributed by atoms with van der Waals surface area (Å²) >= 11 is 0. The lowest BCUT2D eigenvalue weighted by atomic mass is 10.2. The summed E-state index contributed by atoms with van der Waals surface area (Å²) in [6.45, 7) is 2.07. The van der Waals surface area contributed by atoms with Gasteiger partial charge >= 0.3 is 5.76 Å². The molecule has 3 aromatic rings. The SMILES string of the molecule is CCCc1nn(CC(O)COc2cccc3[nH]ccc23)c(=O)o1. The van der Waals surface area contributed by atoms with Gasteiger partial charge in [0, 0.05) is 23.5 Å². The summed E-state index contributed by atoms with van der Waals surface area (Å²) < 4.78 is 11.8. The number of aromatic nitrogens is 3. The number of ether oxygens (including phenoxy) is 1. The molecule has 0 saturated heterocycles. The van der Waals surface area contributed by atoms with Gasteiger partial charge in [-0.15, -0.1) is 5.10 Å². The summed E-state index contributed by atoms with van der Waals surface area (Å²) in [6.07, 6.45) is 2.41. The lowest BCUT2D eigenvalue weighted by Crippen LogP contribution is -2.29. The van der Waals surface area contributed by atoms with Crippen molar-refractivity contribution in [1.29, 1.82) is 0 Å². The van der Waals surface area contributed by atoms with E-state index >= 15 is 0 Å². The largest absolute Gasteiger partial charge is 0.490 e. The standard InChI is InChI=1S/C16H19N3O4/c1-2-4-15-18-19(16(21)23-15)9-11(20)10-22-14-6-3-5-13-12(14)7-8-17-13/h3,5-8,11,17,20H,2,4,9-10H2,1H3. The number of hydrogen-bond donors (Lipinski definition) is 2. The first-order valence-corrected chi connectivity index (χ1v) is 7.61. The Kier molecular flexibility index (Phi) is 4.47. The average Bonchev–Trinajstić information content (AvgIpc) is 3.13. The van der Waals surface area contributed by atoms with Crippen molar-refractivity contribution in [3.05, 3.63) is 46.9 Å². The van der Waals surface area contributed by atoms with Gasteiger partial charge in [-0.3, -0.25) is 0 Å². The number of H-pyrrole nitrogens is 1. The van der Waals surface area contributed by atoms with E-state index in [-0.39, 0.29) is 13.2 Å². The zero-order valence-electron chi connectivity index (χ0n) is 12.9. The Hall–Kier alpha value is -2.54. The highest BCUT2D eigenvalue weighted by Crippen LogP contribution is 2.24. The van der Waals surface area contributed by atoms with Gasteiger partial charge in [-0.25, -0.2) is 4.79 Å². The Morgan fingerprint density at radius 1 is 1.43 bits per heavy atom. The van der Waals surface area contributed by atoms with Crippen LogP contribution in [0.4, 0.5) is 0 Å². The molecule has 0 aliphatic heterocycles. The Morgan fingerprint density at radius 3 is 3.13 bits per heavy atom. The normalized spacial score (nSPS) is 12.6. The van der Waals surface area contributed by atoms with Gasteiger partial charge in [0.25, 0.3) is 0 Å². The van der Waals surface area contributed by atoms with Gasteiger partial charge in [-0.2, -0.15) is 4.68 Å². The van der Waals surface area contributed by atoms with Crippen molar-refractivity contribution in [3.63, 3.8) is 0 Å². The molecule has 0 bridgehead atoms. The van der Waals surface area contributed by atoms with Crippen LogP contribution in [-0.4, -0.2) is 32.6 Å². The third kappa shape index (κ3) is 3.45. The number of aryl methyl sites for hydroxylation is 1. The fourth-order valence-corrected chi connectivity index (χ4v) is 2.40. The molecule has 2 aromatic heterocycles. The first kappa shape index (κ1) is 15.4. The number of hydrogen-bond acceptors (Lipinski definition) is 5. The zero-order valence-corrected chi connectivity index (χ0v) is 12.9. The average molecular weight is 317 g/mol. The van der Waals surface area contributed by atoms with Crippen LogP contribution in [0, 0.1) is 0 Å². The summed E-state index contributed by atoms with van der Waals surface area (Å²) in [5.41, 5.74) is 0.967. The maximum Gasteiger partial charge on any atom is 0.437 e. The molecule has 1 unspecified atom stereocenters. The van der Waals surface area contributed by atoms with Crippen LogP contribution in [0.5, 0.6) is 5.75 Å². The van der Waals surface area contributed by atoms with E-state index < -0.39 is 11.9 Å². The number of aliphatic hydroxyl groups is 1. The minimum absolute atomic E-state index is 0.0369. The van der Waals surface area contributed by atoms with E-state index in [1.165, 1.54) is 0 Å². The van der Waals surface area contributed by atoms with Crippen LogP contribution in [0.2, 0.25) is 0 Å². The van der Waals surface area contributed by atoms with Crippen LogP contribution < -0.4 is 10.5 Å². The highest BCUT2D eigenvalue weighted by Gasteiger charge is 2.13. The van der Waals surface area contributed by atoms with Crippen molar-refractivity contribution in [2.75, 3.05) is 6.61 Å². The van der Waals surface area contributed by atoms with Gasteiger partial charge in [0.05, 0.1) is 6.54 Å². The maximum atomic E-state index is 11.6. The van der Waals surface area contributed by atoms with Crippen LogP contribution in [0.3, 0.4) is 0 Å². The number of nitrogens with zero attached hydrogens (tertiary/aromatic N) is 2. The minimum atomic E-state index is -0.860. The summed E-state index contributed by atoms with van der Waals surface area (Å²) in [6, 6.07) is 7.57. The van der Waals surface area contributed by atoms with Gasteiger partial charge < -0.3 is 19.2 Å². The molecule has 7 heteroatoms. The Labute approximate surface area is 132 Å². The molecular formula is C16H19N3O4. The van der Waals surface area contributed by atoms with E-state index in [9.17, 15) is 9.90 Å². The Bertz CT molecular complexity index is 833. The van der Waals surface area contributed by atoms with Gasteiger partial charge in [0.15, 0.2) is 0 Å². The van der Waals surface area contributed by atoms with Gasteiger partial charge in [0.1, 0.15) is 18.5 Å². The third-order valence-corrected chi connectivity index (χ3v) is 3.48. The highest BCUT2D eigenvalue weighted by molar-refractivity contribution is 5.85. The van der Waals surface area contributed by atoms with Crippen molar-refractivity contribution in [2.45, 2.75) is 32.4 Å². The second kappa shape index (κ2) is 6.70. The van der Waals surface area contributed by atoms with Crippen molar-refractivity contribution in [3.8, 4) is 5.75 Å². The molecule has 0 radical (unpaired) electrons. The molecule has 2 N–H and O–H groups in total. The molecule has 0 fully saturated rings. The quantitative estimate of drug-likeness (QED) is 0.692. The molecule has 0 amide bonds. The number of fused-ring (bicyclic) bond motifs is 1. The molecule has 7 nitrogen and oxygen atoms in total. The van der Waals surface area contributed by atoms with Gasteiger partial charge in [0.2, 0.25) is 5.89 Å². The number of aromatic amines is 1. The monoisotopic (exact) mass is 317 g/mol. The van der Waals surface area contributed by atoms with Gasteiger partial charge in [-0.05, 0) is 24.6 Å². The van der Waals surface area contributed by atoms with Crippen molar-refractivity contribution in [1.82, 2.24) is 14.8 Å². The van der Waals surface area contributed by atoms with Crippen molar-refractivity contribution >= 4 is 10.9 Å². The number of nitrogens with one attached hydrogen (secondary N) is 1. The summed E-state index contributed by atoms with van der Waals surface area (Å²) in [5.74, 6) is 0.518. The minimum Gasteiger partial charge on any atom is -0.490 e. The van der Waals surface area contributed by atoms with E-state index in [2.05, 4.69) is 10.1 Å². The second-order valence-electron chi connectivity index (χ2n) is 5.35. The van der Waals surface area contributed by atoms with Crippen LogP contribution in [0.15, 0.2) is 39.7 Å². The molecule has 0 saturated carbocycles. The molecule has 0 aliphatic rings. The van der Waals surface area contributed by atoms with E-state index in [1.54, 1.807) is 0 Å². The molecule has 2 heterocycles. The van der Waals surface area contributed by atoms with E-state index in [4.69, 9.17) is 9.15 Å². The summed E-state index contributed by atoms with van der Waals surface area (Å²) in [4.78, 5) is 14.7. The molecule has 0 spiro atoms. The Morgan fingerprint density at radius 2 is 2.30 bits per heavy atom. The van der Waals surface area contributed by atoms with Crippen molar-refractivity contribution in [2.24, 2.45) is 0 Å². The topological polar surface area (TPSA) is 93.3 Å².